The van der Waals surface area contributed by atoms with Crippen LogP contribution in [0.15, 0.2) is 18.2 Å². The van der Waals surface area contributed by atoms with Crippen LogP contribution in [0.5, 0.6) is 11.5 Å². The van der Waals surface area contributed by atoms with E-state index >= 15 is 0 Å². The van der Waals surface area contributed by atoms with E-state index < -0.39 is 15.3 Å². The van der Waals surface area contributed by atoms with Crippen molar-refractivity contribution in [3.05, 3.63) is 18.2 Å². The van der Waals surface area contributed by atoms with Crippen molar-refractivity contribution >= 4 is 15.7 Å². The van der Waals surface area contributed by atoms with E-state index in [-0.39, 0.29) is 6.79 Å². The first-order chi connectivity index (χ1) is 9.03. The van der Waals surface area contributed by atoms with Gasteiger partial charge in [-0.15, -0.1) is 0 Å². The molecule has 1 atom stereocenters. The Morgan fingerprint density at radius 1 is 1.32 bits per heavy atom. The topological polar surface area (TPSA) is 76.7 Å². The van der Waals surface area contributed by atoms with Gasteiger partial charge in [-0.3, -0.25) is 4.72 Å². The number of anilines is 1. The Bertz CT molecular complexity index is 545. The van der Waals surface area contributed by atoms with Crippen molar-refractivity contribution in [1.82, 2.24) is 5.32 Å². The highest BCUT2D eigenvalue weighted by Gasteiger charge is 2.21. The Kier molecular flexibility index (Phi) is 4.16. The summed E-state index contributed by atoms with van der Waals surface area (Å²) in [6, 6.07) is 4.97. The first kappa shape index (κ1) is 14.0. The second kappa shape index (κ2) is 5.66. The van der Waals surface area contributed by atoms with Crippen LogP contribution in [0.25, 0.3) is 0 Å². The van der Waals surface area contributed by atoms with Gasteiger partial charge in [0.25, 0.3) is 0 Å². The van der Waals surface area contributed by atoms with Crippen molar-refractivity contribution < 1.29 is 17.9 Å². The number of ether oxygens (including phenoxy) is 2. The van der Waals surface area contributed by atoms with Gasteiger partial charge in [0.05, 0.1) is 10.9 Å². The zero-order valence-electron chi connectivity index (χ0n) is 11.0. The lowest BCUT2D eigenvalue weighted by Crippen LogP contribution is -2.34. The van der Waals surface area contributed by atoms with Gasteiger partial charge in [-0.2, -0.15) is 0 Å². The van der Waals surface area contributed by atoms with E-state index in [1.165, 1.54) is 0 Å². The van der Waals surface area contributed by atoms with Crippen molar-refractivity contribution in [2.45, 2.75) is 19.1 Å². The molecule has 1 aliphatic rings. The number of hydrogen-bond acceptors (Lipinski definition) is 5. The maximum atomic E-state index is 12.1. The quantitative estimate of drug-likeness (QED) is 0.820. The van der Waals surface area contributed by atoms with Crippen molar-refractivity contribution in [2.24, 2.45) is 0 Å². The number of fused-ring (bicyclic) bond motifs is 1. The minimum atomic E-state index is -3.41. The van der Waals surface area contributed by atoms with Crippen LogP contribution in [0.4, 0.5) is 5.69 Å². The highest BCUT2D eigenvalue weighted by Crippen LogP contribution is 2.34. The third-order valence-corrected chi connectivity index (χ3v) is 4.59. The fourth-order valence-corrected chi connectivity index (χ4v) is 2.68. The summed E-state index contributed by atoms with van der Waals surface area (Å²) in [5, 5.41) is 2.50. The lowest BCUT2D eigenvalue weighted by atomic mass is 10.3. The normalized spacial score (nSPS) is 15.3. The van der Waals surface area contributed by atoms with E-state index in [1.807, 2.05) is 6.92 Å². The van der Waals surface area contributed by atoms with Crippen LogP contribution < -0.4 is 19.5 Å². The van der Waals surface area contributed by atoms with Crippen LogP contribution in [0.2, 0.25) is 0 Å². The zero-order valence-corrected chi connectivity index (χ0v) is 11.8. The SMILES string of the molecule is CCNCC(C)S(=O)(=O)Nc1ccc2c(c1)OCO2. The molecule has 1 aromatic carbocycles. The predicted octanol–water partition coefficient (Wildman–Crippen LogP) is 1.15. The zero-order chi connectivity index (χ0) is 13.9. The molecule has 2 N–H and O–H groups in total. The molecule has 19 heavy (non-hydrogen) atoms. The number of hydrogen-bond donors (Lipinski definition) is 2. The first-order valence-corrected chi connectivity index (χ1v) is 7.69. The van der Waals surface area contributed by atoms with Gasteiger partial charge in [0, 0.05) is 12.6 Å². The van der Waals surface area contributed by atoms with Crippen molar-refractivity contribution in [3.63, 3.8) is 0 Å². The lowest BCUT2D eigenvalue weighted by Gasteiger charge is -2.15. The summed E-state index contributed by atoms with van der Waals surface area (Å²) in [6.45, 7) is 4.92. The van der Waals surface area contributed by atoms with Crippen LogP contribution in [-0.2, 0) is 10.0 Å². The molecule has 0 spiro atoms. The third-order valence-electron chi connectivity index (χ3n) is 2.84. The molecule has 2 rings (SSSR count). The summed E-state index contributed by atoms with van der Waals surface area (Å²) in [6.07, 6.45) is 0. The Balaban J connectivity index is 2.07. The highest BCUT2D eigenvalue weighted by molar-refractivity contribution is 7.93. The monoisotopic (exact) mass is 286 g/mol. The predicted molar refractivity (Wildman–Crippen MR) is 73.1 cm³/mol. The molecule has 0 bridgehead atoms. The van der Waals surface area contributed by atoms with E-state index in [2.05, 4.69) is 10.0 Å². The largest absolute Gasteiger partial charge is 0.454 e. The second-order valence-electron chi connectivity index (χ2n) is 4.33. The molecule has 1 unspecified atom stereocenters. The Morgan fingerprint density at radius 2 is 2.05 bits per heavy atom. The van der Waals surface area contributed by atoms with Gasteiger partial charge in [0.1, 0.15) is 0 Å². The molecule has 0 amide bonds. The van der Waals surface area contributed by atoms with Crippen LogP contribution in [0.3, 0.4) is 0 Å². The van der Waals surface area contributed by atoms with E-state index in [0.29, 0.717) is 23.7 Å². The highest BCUT2D eigenvalue weighted by atomic mass is 32.2. The number of rotatable bonds is 6. The fraction of sp³-hybridized carbons (Fsp3) is 0.500. The summed E-state index contributed by atoms with van der Waals surface area (Å²) in [4.78, 5) is 0. The number of sulfonamides is 1. The second-order valence-corrected chi connectivity index (χ2v) is 6.43. The van der Waals surface area contributed by atoms with E-state index in [9.17, 15) is 8.42 Å². The smallest absolute Gasteiger partial charge is 0.236 e. The molecule has 0 saturated heterocycles. The van der Waals surface area contributed by atoms with E-state index in [0.717, 1.165) is 6.54 Å². The van der Waals surface area contributed by atoms with Gasteiger partial charge in [0.2, 0.25) is 16.8 Å². The summed E-state index contributed by atoms with van der Waals surface area (Å²) in [7, 11) is -3.41. The van der Waals surface area contributed by atoms with E-state index in [1.54, 1.807) is 25.1 Å². The molecule has 1 heterocycles. The summed E-state index contributed by atoms with van der Waals surface area (Å²) in [5.74, 6) is 1.18. The molecular formula is C12H18N2O4S. The molecule has 0 saturated carbocycles. The van der Waals surface area contributed by atoms with Gasteiger partial charge in [-0.1, -0.05) is 6.92 Å². The molecule has 1 aliphatic heterocycles. The molecule has 0 aliphatic carbocycles. The molecule has 6 nitrogen and oxygen atoms in total. The van der Waals surface area contributed by atoms with Crippen LogP contribution in [-0.4, -0.2) is 33.6 Å². The van der Waals surface area contributed by atoms with Gasteiger partial charge < -0.3 is 14.8 Å². The Morgan fingerprint density at radius 3 is 2.79 bits per heavy atom. The van der Waals surface area contributed by atoms with Crippen LogP contribution >= 0.6 is 0 Å². The first-order valence-electron chi connectivity index (χ1n) is 6.15. The summed E-state index contributed by atoms with van der Waals surface area (Å²) < 4.78 is 37.1. The number of nitrogens with one attached hydrogen (secondary N) is 2. The Labute approximate surface area is 113 Å². The number of benzene rings is 1. The molecule has 7 heteroatoms. The maximum absolute atomic E-state index is 12.1. The average Bonchev–Trinajstić information content (AvgIpc) is 2.82. The lowest BCUT2D eigenvalue weighted by molar-refractivity contribution is 0.174. The van der Waals surface area contributed by atoms with Crippen molar-refractivity contribution in [1.29, 1.82) is 0 Å². The van der Waals surface area contributed by atoms with Crippen molar-refractivity contribution in [3.8, 4) is 11.5 Å². The van der Waals surface area contributed by atoms with Gasteiger partial charge in [0.15, 0.2) is 11.5 Å². The standard InChI is InChI=1S/C12H18N2O4S/c1-3-13-7-9(2)19(15,16)14-10-4-5-11-12(6-10)18-8-17-11/h4-6,9,13-14H,3,7-8H2,1-2H3. The van der Waals surface area contributed by atoms with Crippen molar-refractivity contribution in [2.75, 3.05) is 24.6 Å². The maximum Gasteiger partial charge on any atom is 0.236 e. The van der Waals surface area contributed by atoms with Crippen LogP contribution in [0, 0.1) is 0 Å². The summed E-state index contributed by atoms with van der Waals surface area (Å²) >= 11 is 0. The average molecular weight is 286 g/mol. The van der Waals surface area contributed by atoms with Gasteiger partial charge >= 0.3 is 0 Å². The summed E-state index contributed by atoms with van der Waals surface area (Å²) in [5.41, 5.74) is 0.479. The van der Waals surface area contributed by atoms with Crippen LogP contribution in [0.1, 0.15) is 13.8 Å². The molecule has 0 radical (unpaired) electrons. The molecular weight excluding hydrogens is 268 g/mol. The van der Waals surface area contributed by atoms with Gasteiger partial charge in [-0.25, -0.2) is 8.42 Å². The third kappa shape index (κ3) is 3.30. The molecule has 1 aromatic rings. The Hall–Kier alpha value is -1.47. The minimum absolute atomic E-state index is 0.169. The van der Waals surface area contributed by atoms with Gasteiger partial charge in [-0.05, 0) is 25.6 Å². The molecule has 0 fully saturated rings. The van der Waals surface area contributed by atoms with E-state index in [4.69, 9.17) is 9.47 Å². The fourth-order valence-electron chi connectivity index (χ4n) is 1.68. The molecule has 106 valence electrons. The molecule has 0 aromatic heterocycles. The minimum Gasteiger partial charge on any atom is -0.454 e.